The Morgan fingerprint density at radius 3 is 2.65 bits per heavy atom. The molecule has 0 aliphatic heterocycles. The first-order chi connectivity index (χ1) is 8.28. The molecule has 1 N–H and O–H groups in total. The van der Waals surface area contributed by atoms with Crippen LogP contribution in [-0.2, 0) is 0 Å². The van der Waals surface area contributed by atoms with Gasteiger partial charge in [-0.3, -0.25) is 0 Å². The molecular formula is C14H20BrNS. The van der Waals surface area contributed by atoms with E-state index < -0.39 is 0 Å². The van der Waals surface area contributed by atoms with Crippen molar-refractivity contribution in [2.24, 2.45) is 5.92 Å². The maximum absolute atomic E-state index is 3.61. The lowest BCUT2D eigenvalue weighted by Gasteiger charge is -2.17. The van der Waals surface area contributed by atoms with Gasteiger partial charge in [-0.1, -0.05) is 35.7 Å². The van der Waals surface area contributed by atoms with Crippen LogP contribution in [0.4, 0.5) is 0 Å². The summed E-state index contributed by atoms with van der Waals surface area (Å²) in [5.74, 6) is 2.19. The Bertz CT molecular complexity index is 335. The number of benzene rings is 1. The third-order valence-electron chi connectivity index (χ3n) is 3.07. The molecule has 1 atom stereocenters. The number of nitrogens with one attached hydrogen (secondary N) is 1. The Morgan fingerprint density at radius 1 is 1.35 bits per heavy atom. The quantitative estimate of drug-likeness (QED) is 0.752. The molecule has 1 fully saturated rings. The van der Waals surface area contributed by atoms with E-state index in [2.05, 4.69) is 52.4 Å². The van der Waals surface area contributed by atoms with Gasteiger partial charge in [0.1, 0.15) is 0 Å². The first-order valence-electron chi connectivity index (χ1n) is 6.39. The molecule has 2 rings (SSSR count). The summed E-state index contributed by atoms with van der Waals surface area (Å²) >= 11 is 5.43. The third-order valence-corrected chi connectivity index (χ3v) is 4.78. The lowest BCUT2D eigenvalue weighted by atomic mass is 10.1. The van der Waals surface area contributed by atoms with E-state index in [4.69, 9.17) is 0 Å². The van der Waals surface area contributed by atoms with Crippen molar-refractivity contribution >= 4 is 27.7 Å². The molecule has 94 valence electrons. The van der Waals surface area contributed by atoms with Gasteiger partial charge in [0.05, 0.1) is 0 Å². The SMILES string of the molecule is CCNC(CSc1ccc(Br)cc1)CC1CC1. The second kappa shape index (κ2) is 6.81. The molecule has 1 saturated carbocycles. The lowest BCUT2D eigenvalue weighted by molar-refractivity contribution is 0.508. The highest BCUT2D eigenvalue weighted by Crippen LogP contribution is 2.34. The number of thioether (sulfide) groups is 1. The van der Waals surface area contributed by atoms with Gasteiger partial charge < -0.3 is 5.32 Å². The van der Waals surface area contributed by atoms with E-state index in [1.807, 2.05) is 11.8 Å². The predicted molar refractivity (Wildman–Crippen MR) is 79.7 cm³/mol. The normalized spacial score (nSPS) is 17.1. The van der Waals surface area contributed by atoms with Crippen molar-refractivity contribution in [2.45, 2.75) is 37.1 Å². The second-order valence-corrected chi connectivity index (χ2v) is 6.71. The molecule has 3 heteroatoms. The number of rotatable bonds is 7. The maximum Gasteiger partial charge on any atom is 0.0176 e. The van der Waals surface area contributed by atoms with Crippen LogP contribution < -0.4 is 5.32 Å². The minimum absolute atomic E-state index is 0.682. The Morgan fingerprint density at radius 2 is 2.06 bits per heavy atom. The first-order valence-corrected chi connectivity index (χ1v) is 8.17. The van der Waals surface area contributed by atoms with E-state index in [0.29, 0.717) is 6.04 Å². The number of hydrogen-bond donors (Lipinski definition) is 1. The molecule has 1 aromatic rings. The molecule has 0 saturated heterocycles. The Labute approximate surface area is 117 Å². The van der Waals surface area contributed by atoms with Crippen molar-refractivity contribution in [1.82, 2.24) is 5.32 Å². The van der Waals surface area contributed by atoms with Crippen molar-refractivity contribution in [3.8, 4) is 0 Å². The molecule has 1 unspecified atom stereocenters. The maximum atomic E-state index is 3.61. The molecule has 0 amide bonds. The van der Waals surface area contributed by atoms with Gasteiger partial charge in [0.2, 0.25) is 0 Å². The highest BCUT2D eigenvalue weighted by Gasteiger charge is 2.24. The zero-order valence-electron chi connectivity index (χ0n) is 10.3. The van der Waals surface area contributed by atoms with Crippen LogP contribution in [-0.4, -0.2) is 18.3 Å². The van der Waals surface area contributed by atoms with Crippen LogP contribution in [0, 0.1) is 5.92 Å². The zero-order chi connectivity index (χ0) is 12.1. The van der Waals surface area contributed by atoms with Gasteiger partial charge in [-0.15, -0.1) is 11.8 Å². The molecule has 1 aromatic carbocycles. The van der Waals surface area contributed by atoms with E-state index in [1.165, 1.54) is 29.9 Å². The van der Waals surface area contributed by atoms with Crippen molar-refractivity contribution in [2.75, 3.05) is 12.3 Å². The Balaban J connectivity index is 1.78. The van der Waals surface area contributed by atoms with Crippen LogP contribution in [0.5, 0.6) is 0 Å². The van der Waals surface area contributed by atoms with Gasteiger partial charge in [0.15, 0.2) is 0 Å². The van der Waals surface area contributed by atoms with Gasteiger partial charge in [0.25, 0.3) is 0 Å². The third kappa shape index (κ3) is 5.02. The molecule has 1 aliphatic carbocycles. The molecule has 0 aromatic heterocycles. The summed E-state index contributed by atoms with van der Waals surface area (Å²) in [6, 6.07) is 9.29. The minimum atomic E-state index is 0.682. The second-order valence-electron chi connectivity index (χ2n) is 4.70. The molecule has 0 heterocycles. The van der Waals surface area contributed by atoms with Gasteiger partial charge >= 0.3 is 0 Å². The minimum Gasteiger partial charge on any atom is -0.313 e. The van der Waals surface area contributed by atoms with Gasteiger partial charge in [-0.2, -0.15) is 0 Å². The molecule has 0 spiro atoms. The topological polar surface area (TPSA) is 12.0 Å². The fourth-order valence-corrected chi connectivity index (χ4v) is 3.22. The molecule has 0 radical (unpaired) electrons. The molecular weight excluding hydrogens is 294 g/mol. The molecule has 1 aliphatic rings. The highest BCUT2D eigenvalue weighted by atomic mass is 79.9. The summed E-state index contributed by atoms with van der Waals surface area (Å²) in [6.07, 6.45) is 4.26. The fraction of sp³-hybridized carbons (Fsp3) is 0.571. The largest absolute Gasteiger partial charge is 0.313 e. The van der Waals surface area contributed by atoms with Crippen LogP contribution in [0.25, 0.3) is 0 Å². The van der Waals surface area contributed by atoms with E-state index in [-0.39, 0.29) is 0 Å². The van der Waals surface area contributed by atoms with Crippen molar-refractivity contribution < 1.29 is 0 Å². The first kappa shape index (κ1) is 13.4. The lowest BCUT2D eigenvalue weighted by Crippen LogP contribution is -2.31. The number of hydrogen-bond acceptors (Lipinski definition) is 2. The summed E-state index contributed by atoms with van der Waals surface area (Å²) in [5, 5.41) is 3.61. The number of halogens is 1. The van der Waals surface area contributed by atoms with E-state index in [1.54, 1.807) is 0 Å². The molecule has 17 heavy (non-hydrogen) atoms. The smallest absolute Gasteiger partial charge is 0.0176 e. The van der Waals surface area contributed by atoms with Crippen LogP contribution in [0.2, 0.25) is 0 Å². The summed E-state index contributed by atoms with van der Waals surface area (Å²) < 4.78 is 1.16. The highest BCUT2D eigenvalue weighted by molar-refractivity contribution is 9.10. The van der Waals surface area contributed by atoms with Crippen molar-refractivity contribution in [3.63, 3.8) is 0 Å². The van der Waals surface area contributed by atoms with E-state index >= 15 is 0 Å². The van der Waals surface area contributed by atoms with Gasteiger partial charge in [0, 0.05) is 21.2 Å². The van der Waals surface area contributed by atoms with Crippen LogP contribution in [0.15, 0.2) is 33.6 Å². The van der Waals surface area contributed by atoms with Crippen LogP contribution >= 0.6 is 27.7 Å². The monoisotopic (exact) mass is 313 g/mol. The Kier molecular flexibility index (Phi) is 5.39. The molecule has 0 bridgehead atoms. The zero-order valence-corrected chi connectivity index (χ0v) is 12.7. The average molecular weight is 314 g/mol. The van der Waals surface area contributed by atoms with Crippen molar-refractivity contribution in [3.05, 3.63) is 28.7 Å². The average Bonchev–Trinajstić information content (AvgIpc) is 3.12. The van der Waals surface area contributed by atoms with Crippen LogP contribution in [0.1, 0.15) is 26.2 Å². The van der Waals surface area contributed by atoms with E-state index in [9.17, 15) is 0 Å². The standard InChI is InChI=1S/C14H20BrNS/c1-2-16-13(9-11-3-4-11)10-17-14-7-5-12(15)6-8-14/h5-8,11,13,16H,2-4,9-10H2,1H3. The molecule has 1 nitrogen and oxygen atoms in total. The fourth-order valence-electron chi connectivity index (χ4n) is 1.98. The van der Waals surface area contributed by atoms with E-state index in [0.717, 1.165) is 16.9 Å². The van der Waals surface area contributed by atoms with Crippen LogP contribution in [0.3, 0.4) is 0 Å². The summed E-state index contributed by atoms with van der Waals surface area (Å²) in [5.41, 5.74) is 0. The van der Waals surface area contributed by atoms with Crippen molar-refractivity contribution in [1.29, 1.82) is 0 Å². The summed E-state index contributed by atoms with van der Waals surface area (Å²) in [6.45, 7) is 3.28. The van der Waals surface area contributed by atoms with Gasteiger partial charge in [-0.25, -0.2) is 0 Å². The van der Waals surface area contributed by atoms with Gasteiger partial charge in [-0.05, 0) is 43.1 Å². The predicted octanol–water partition coefficient (Wildman–Crippen LogP) is 4.32. The Hall–Kier alpha value is 0.01000. The summed E-state index contributed by atoms with van der Waals surface area (Å²) in [4.78, 5) is 1.37. The summed E-state index contributed by atoms with van der Waals surface area (Å²) in [7, 11) is 0.